The van der Waals surface area contributed by atoms with Crippen LogP contribution in [0.25, 0.3) is 6.08 Å². The molecule has 0 unspecified atom stereocenters. The molecule has 0 saturated heterocycles. The van der Waals surface area contributed by atoms with Crippen LogP contribution in [-0.2, 0) is 24.5 Å². The molecule has 0 bridgehead atoms. The molecule has 0 aliphatic rings. The second-order valence-corrected chi connectivity index (χ2v) is 6.86. The molecule has 30 heavy (non-hydrogen) atoms. The van der Waals surface area contributed by atoms with E-state index in [2.05, 4.69) is 5.10 Å². The Morgan fingerprint density at radius 2 is 1.97 bits per heavy atom. The van der Waals surface area contributed by atoms with Gasteiger partial charge in [-0.3, -0.25) is 9.48 Å². The van der Waals surface area contributed by atoms with Gasteiger partial charge in [-0.1, -0.05) is 24.3 Å². The Bertz CT molecular complexity index is 996. The third-order valence-corrected chi connectivity index (χ3v) is 4.66. The minimum Gasteiger partial charge on any atom is -0.496 e. The predicted octanol–water partition coefficient (Wildman–Crippen LogP) is 4.16. The Hall–Kier alpha value is -3.54. The van der Waals surface area contributed by atoms with Crippen LogP contribution in [-0.4, -0.2) is 34.7 Å². The molecule has 0 saturated carbocycles. The largest absolute Gasteiger partial charge is 0.496 e. The summed E-state index contributed by atoms with van der Waals surface area (Å²) in [5.41, 5.74) is 2.68. The highest BCUT2D eigenvalue weighted by Gasteiger charge is 2.09. The summed E-state index contributed by atoms with van der Waals surface area (Å²) in [7, 11) is 3.40. The first-order chi connectivity index (χ1) is 14.6. The van der Waals surface area contributed by atoms with E-state index in [4.69, 9.17) is 9.47 Å². The van der Waals surface area contributed by atoms with Gasteiger partial charge in [-0.25, -0.2) is 0 Å². The number of amides is 1. The van der Waals surface area contributed by atoms with Gasteiger partial charge >= 0.3 is 0 Å². The Morgan fingerprint density at radius 1 is 1.17 bits per heavy atom. The van der Waals surface area contributed by atoms with E-state index in [1.807, 2.05) is 72.4 Å². The fourth-order valence-electron chi connectivity index (χ4n) is 2.97. The molecule has 1 heterocycles. The van der Waals surface area contributed by atoms with Gasteiger partial charge in [-0.2, -0.15) is 5.10 Å². The third-order valence-electron chi connectivity index (χ3n) is 4.66. The van der Waals surface area contributed by atoms with Gasteiger partial charge in [0.05, 0.1) is 19.3 Å². The highest BCUT2D eigenvalue weighted by Crippen LogP contribution is 2.23. The molecule has 3 aromatic rings. The molecule has 156 valence electrons. The van der Waals surface area contributed by atoms with Crippen LogP contribution in [0.3, 0.4) is 0 Å². The standard InChI is InChI=1S/C24H27N3O3/c1-4-27-15-14-21(25-27)17-26(2)24(28)13-11-19-10-12-23(29-3)20(16-19)18-30-22-8-6-5-7-9-22/h5-16H,4,17-18H2,1-3H3/b13-11+. The van der Waals surface area contributed by atoms with Crippen molar-refractivity contribution in [2.75, 3.05) is 14.2 Å². The first kappa shape index (κ1) is 21.2. The van der Waals surface area contributed by atoms with Gasteiger partial charge in [-0.15, -0.1) is 0 Å². The van der Waals surface area contributed by atoms with E-state index < -0.39 is 0 Å². The number of methoxy groups -OCH3 is 1. The zero-order valence-corrected chi connectivity index (χ0v) is 17.6. The summed E-state index contributed by atoms with van der Waals surface area (Å²) in [6.07, 6.45) is 5.29. The number of hydrogen-bond donors (Lipinski definition) is 0. The number of para-hydroxylation sites is 1. The van der Waals surface area contributed by atoms with Crippen LogP contribution in [0.1, 0.15) is 23.7 Å². The first-order valence-corrected chi connectivity index (χ1v) is 9.89. The summed E-state index contributed by atoms with van der Waals surface area (Å²) in [5.74, 6) is 1.46. The molecule has 0 radical (unpaired) electrons. The lowest BCUT2D eigenvalue weighted by molar-refractivity contribution is -0.125. The molecule has 0 aliphatic carbocycles. The minimum absolute atomic E-state index is 0.0843. The molecule has 1 aromatic heterocycles. The molecule has 2 aromatic carbocycles. The molecule has 3 rings (SSSR count). The average molecular weight is 405 g/mol. The number of aromatic nitrogens is 2. The number of carbonyl (C=O) groups excluding carboxylic acids is 1. The van der Waals surface area contributed by atoms with E-state index in [9.17, 15) is 4.79 Å². The van der Waals surface area contributed by atoms with Crippen LogP contribution in [0.4, 0.5) is 0 Å². The summed E-state index contributed by atoms with van der Waals surface area (Å²) < 4.78 is 13.1. The third kappa shape index (κ3) is 5.73. The summed E-state index contributed by atoms with van der Waals surface area (Å²) in [6.45, 7) is 3.69. The zero-order chi connectivity index (χ0) is 21.3. The van der Waals surface area contributed by atoms with Gasteiger partial charge in [-0.05, 0) is 48.9 Å². The van der Waals surface area contributed by atoms with Crippen LogP contribution in [0, 0.1) is 0 Å². The highest BCUT2D eigenvalue weighted by molar-refractivity contribution is 5.91. The van der Waals surface area contributed by atoms with Crippen molar-refractivity contribution in [2.24, 2.45) is 0 Å². The van der Waals surface area contributed by atoms with Gasteiger partial charge in [0.25, 0.3) is 0 Å². The number of nitrogens with zero attached hydrogens (tertiary/aromatic N) is 3. The van der Waals surface area contributed by atoms with Crippen LogP contribution in [0.5, 0.6) is 11.5 Å². The highest BCUT2D eigenvalue weighted by atomic mass is 16.5. The monoisotopic (exact) mass is 405 g/mol. The number of ether oxygens (including phenoxy) is 2. The molecule has 6 heteroatoms. The minimum atomic E-state index is -0.0843. The van der Waals surface area contributed by atoms with Gasteiger partial charge in [0.15, 0.2) is 0 Å². The lowest BCUT2D eigenvalue weighted by atomic mass is 10.1. The van der Waals surface area contributed by atoms with E-state index in [1.165, 1.54) is 0 Å². The van der Waals surface area contributed by atoms with Crippen molar-refractivity contribution < 1.29 is 14.3 Å². The number of aryl methyl sites for hydroxylation is 1. The predicted molar refractivity (Wildman–Crippen MR) is 117 cm³/mol. The van der Waals surface area contributed by atoms with Crippen molar-refractivity contribution in [1.29, 1.82) is 0 Å². The molecule has 0 atom stereocenters. The lowest BCUT2D eigenvalue weighted by Gasteiger charge is -2.13. The van der Waals surface area contributed by atoms with E-state index in [0.29, 0.717) is 13.2 Å². The van der Waals surface area contributed by atoms with Gasteiger partial charge in [0.1, 0.15) is 18.1 Å². The number of carbonyl (C=O) groups is 1. The van der Waals surface area contributed by atoms with Crippen LogP contribution in [0.2, 0.25) is 0 Å². The maximum absolute atomic E-state index is 12.5. The molecule has 0 fully saturated rings. The fourth-order valence-corrected chi connectivity index (χ4v) is 2.97. The summed E-state index contributed by atoms with van der Waals surface area (Å²) >= 11 is 0. The molecule has 1 amide bonds. The fraction of sp³-hybridized carbons (Fsp3) is 0.250. The zero-order valence-electron chi connectivity index (χ0n) is 17.6. The Kier molecular flexibility index (Phi) is 7.27. The molecule has 0 spiro atoms. The molecule has 0 N–H and O–H groups in total. The van der Waals surface area contributed by atoms with Crippen LogP contribution < -0.4 is 9.47 Å². The number of rotatable bonds is 9. The second-order valence-electron chi connectivity index (χ2n) is 6.86. The smallest absolute Gasteiger partial charge is 0.246 e. The van der Waals surface area contributed by atoms with Crippen molar-refractivity contribution in [3.05, 3.63) is 83.7 Å². The summed E-state index contributed by atoms with van der Waals surface area (Å²) in [4.78, 5) is 14.1. The normalized spacial score (nSPS) is 10.9. The van der Waals surface area contributed by atoms with Crippen molar-refractivity contribution >= 4 is 12.0 Å². The number of benzene rings is 2. The van der Waals surface area contributed by atoms with Crippen LogP contribution in [0.15, 0.2) is 66.9 Å². The van der Waals surface area contributed by atoms with E-state index >= 15 is 0 Å². The van der Waals surface area contributed by atoms with E-state index in [1.54, 1.807) is 31.2 Å². The van der Waals surface area contributed by atoms with Gasteiger partial charge in [0.2, 0.25) is 5.91 Å². The summed E-state index contributed by atoms with van der Waals surface area (Å²) in [6, 6.07) is 17.3. The maximum Gasteiger partial charge on any atom is 0.246 e. The van der Waals surface area contributed by atoms with Crippen molar-refractivity contribution in [1.82, 2.24) is 14.7 Å². The Morgan fingerprint density at radius 3 is 2.67 bits per heavy atom. The average Bonchev–Trinajstić information content (AvgIpc) is 3.24. The summed E-state index contributed by atoms with van der Waals surface area (Å²) in [5, 5.41) is 4.42. The van der Waals surface area contributed by atoms with Crippen molar-refractivity contribution in [2.45, 2.75) is 26.6 Å². The number of hydrogen-bond acceptors (Lipinski definition) is 4. The quantitative estimate of drug-likeness (QED) is 0.502. The second kappa shape index (κ2) is 10.3. The topological polar surface area (TPSA) is 56.6 Å². The Labute approximate surface area is 177 Å². The van der Waals surface area contributed by atoms with E-state index in [-0.39, 0.29) is 5.91 Å². The molecule has 6 nitrogen and oxygen atoms in total. The van der Waals surface area contributed by atoms with Gasteiger partial charge in [0, 0.05) is 31.4 Å². The number of likely N-dealkylation sites (N-methyl/N-ethyl adjacent to an activating group) is 1. The van der Waals surface area contributed by atoms with Crippen LogP contribution >= 0.6 is 0 Å². The molecular weight excluding hydrogens is 378 g/mol. The Balaban J connectivity index is 1.64. The van der Waals surface area contributed by atoms with E-state index in [0.717, 1.165) is 34.9 Å². The van der Waals surface area contributed by atoms with Gasteiger partial charge < -0.3 is 14.4 Å². The SMILES string of the molecule is CCn1ccc(CN(C)C(=O)/C=C/c2ccc(OC)c(COc3ccccc3)c2)n1. The maximum atomic E-state index is 12.5. The van der Waals surface area contributed by atoms with Crippen molar-refractivity contribution in [3.8, 4) is 11.5 Å². The molecular formula is C24H27N3O3. The first-order valence-electron chi connectivity index (χ1n) is 9.89. The van der Waals surface area contributed by atoms with Crippen molar-refractivity contribution in [3.63, 3.8) is 0 Å². The lowest BCUT2D eigenvalue weighted by Crippen LogP contribution is -2.24. The molecule has 0 aliphatic heterocycles.